The van der Waals surface area contributed by atoms with Crippen molar-refractivity contribution in [3.63, 3.8) is 0 Å². The third-order valence-electron chi connectivity index (χ3n) is 3.17. The molecule has 0 aliphatic rings. The average molecular weight is 358 g/mol. The zero-order valence-corrected chi connectivity index (χ0v) is 15.3. The molecule has 0 aliphatic heterocycles. The first-order valence-electron chi connectivity index (χ1n) is 6.19. The standard InChI is InChI=1S/C15H10O6S.Na.H2O/c16-13-9-5-1-3-7-11(9)21-15(14(13)17)10-6-2-4-8-12(10)22(18,19)20;;/h1-8,17H,(H,18,19,20);;1H2/q;+1;/p-1. The fraction of sp³-hybridized carbons (Fsp3) is 0. The largest absolute Gasteiger partial charge is 1.00 e. The van der Waals surface area contributed by atoms with Gasteiger partial charge in [-0.1, -0.05) is 24.3 Å². The Morgan fingerprint density at radius 1 is 1.00 bits per heavy atom. The molecule has 0 unspecified atom stereocenters. The first kappa shape index (κ1) is 20.4. The molecule has 0 atom stereocenters. The quantitative estimate of drug-likeness (QED) is 0.426. The van der Waals surface area contributed by atoms with Crippen LogP contribution in [0.4, 0.5) is 0 Å². The molecule has 3 N–H and O–H groups in total. The van der Waals surface area contributed by atoms with E-state index in [1.54, 1.807) is 12.1 Å². The fourth-order valence-electron chi connectivity index (χ4n) is 2.19. The molecule has 0 aliphatic carbocycles. The van der Waals surface area contributed by atoms with Gasteiger partial charge >= 0.3 is 29.6 Å². The predicted octanol–water partition coefficient (Wildman–Crippen LogP) is -1.75. The Labute approximate surface area is 158 Å². The second-order valence-corrected chi connectivity index (χ2v) is 5.90. The van der Waals surface area contributed by atoms with E-state index in [1.165, 1.54) is 30.3 Å². The normalized spacial score (nSPS) is 10.7. The van der Waals surface area contributed by atoms with Crippen molar-refractivity contribution in [3.05, 3.63) is 58.8 Å². The SMILES string of the molecule is O.O=c1c(O)c(-c2ccccc2S(=O)(=O)[O-])oc2ccccc12.[Na+]. The summed E-state index contributed by atoms with van der Waals surface area (Å²) in [6, 6.07) is 11.4. The Morgan fingerprint density at radius 2 is 1.58 bits per heavy atom. The van der Waals surface area contributed by atoms with E-state index in [-0.39, 0.29) is 57.3 Å². The summed E-state index contributed by atoms with van der Waals surface area (Å²) in [6.45, 7) is 0. The fourth-order valence-corrected chi connectivity index (χ4v) is 2.86. The van der Waals surface area contributed by atoms with Gasteiger partial charge in [-0.05, 0) is 24.3 Å². The summed E-state index contributed by atoms with van der Waals surface area (Å²) in [4.78, 5) is 11.6. The topological polar surface area (TPSA) is 139 Å². The van der Waals surface area contributed by atoms with Crippen molar-refractivity contribution >= 4 is 21.1 Å². The molecule has 120 valence electrons. The van der Waals surface area contributed by atoms with Crippen LogP contribution in [0.15, 0.2) is 62.6 Å². The number of aromatic hydroxyl groups is 1. The first-order valence-corrected chi connectivity index (χ1v) is 7.60. The number of benzene rings is 2. The second kappa shape index (κ2) is 7.47. The smallest absolute Gasteiger partial charge is 0.744 e. The van der Waals surface area contributed by atoms with Gasteiger partial charge in [0.15, 0.2) is 5.76 Å². The first-order chi connectivity index (χ1) is 10.4. The van der Waals surface area contributed by atoms with Crippen LogP contribution in [0, 0.1) is 0 Å². The van der Waals surface area contributed by atoms with Crippen LogP contribution >= 0.6 is 0 Å². The molecule has 9 heteroatoms. The number of hydrogen-bond acceptors (Lipinski definition) is 6. The molecule has 0 radical (unpaired) electrons. The van der Waals surface area contributed by atoms with Crippen LogP contribution in [0.3, 0.4) is 0 Å². The summed E-state index contributed by atoms with van der Waals surface area (Å²) in [5.41, 5.74) is -0.675. The number of rotatable bonds is 2. The maximum atomic E-state index is 12.1. The van der Waals surface area contributed by atoms with Crippen LogP contribution in [0.1, 0.15) is 0 Å². The molecule has 3 rings (SSSR count). The molecular weight excluding hydrogens is 347 g/mol. The van der Waals surface area contributed by atoms with Gasteiger partial charge in [0, 0.05) is 5.56 Å². The Hall–Kier alpha value is -1.68. The maximum absolute atomic E-state index is 12.1. The third-order valence-corrected chi connectivity index (χ3v) is 4.07. The minimum atomic E-state index is -4.79. The molecule has 2 aromatic carbocycles. The van der Waals surface area contributed by atoms with Crippen LogP contribution in [0.25, 0.3) is 22.3 Å². The monoisotopic (exact) mass is 358 g/mol. The molecule has 1 heterocycles. The van der Waals surface area contributed by atoms with Gasteiger partial charge in [0.05, 0.1) is 10.3 Å². The predicted molar refractivity (Wildman–Crippen MR) is 81.2 cm³/mol. The van der Waals surface area contributed by atoms with Gasteiger partial charge in [-0.15, -0.1) is 0 Å². The summed E-state index contributed by atoms with van der Waals surface area (Å²) in [5, 5.41) is 10.2. The summed E-state index contributed by atoms with van der Waals surface area (Å²) in [5.74, 6) is -1.09. The Bertz CT molecular complexity index is 1040. The van der Waals surface area contributed by atoms with Crippen molar-refractivity contribution in [1.29, 1.82) is 0 Å². The van der Waals surface area contributed by atoms with Crippen LogP contribution in [0.2, 0.25) is 0 Å². The van der Waals surface area contributed by atoms with Crippen molar-refractivity contribution in [1.82, 2.24) is 0 Å². The van der Waals surface area contributed by atoms with Crippen molar-refractivity contribution < 1.29 is 57.5 Å². The number of para-hydroxylation sites is 1. The van der Waals surface area contributed by atoms with Gasteiger partial charge in [0.1, 0.15) is 15.7 Å². The van der Waals surface area contributed by atoms with E-state index in [4.69, 9.17) is 4.42 Å². The van der Waals surface area contributed by atoms with Gasteiger partial charge in [-0.2, -0.15) is 0 Å². The molecule has 24 heavy (non-hydrogen) atoms. The molecule has 3 aromatic rings. The average Bonchev–Trinajstić information content (AvgIpc) is 2.50. The molecule has 0 saturated carbocycles. The van der Waals surface area contributed by atoms with E-state index in [0.717, 1.165) is 6.07 Å². The van der Waals surface area contributed by atoms with E-state index in [0.29, 0.717) is 0 Å². The summed E-state index contributed by atoms with van der Waals surface area (Å²) in [6.07, 6.45) is 0. The Morgan fingerprint density at radius 3 is 2.25 bits per heavy atom. The van der Waals surface area contributed by atoms with Crippen LogP contribution < -0.4 is 35.0 Å². The van der Waals surface area contributed by atoms with Crippen molar-refractivity contribution in [3.8, 4) is 17.1 Å². The number of fused-ring (bicyclic) bond motifs is 1. The molecule has 7 nitrogen and oxygen atoms in total. The van der Waals surface area contributed by atoms with Crippen LogP contribution in [-0.2, 0) is 10.1 Å². The van der Waals surface area contributed by atoms with Gasteiger partial charge in [0.25, 0.3) is 0 Å². The minimum Gasteiger partial charge on any atom is -0.744 e. The third kappa shape index (κ3) is 3.54. The molecule has 0 bridgehead atoms. The Kier molecular flexibility index (Phi) is 6.34. The maximum Gasteiger partial charge on any atom is 1.00 e. The van der Waals surface area contributed by atoms with E-state index >= 15 is 0 Å². The van der Waals surface area contributed by atoms with E-state index < -0.39 is 26.2 Å². The molecule has 0 spiro atoms. The zero-order valence-electron chi connectivity index (χ0n) is 12.5. The van der Waals surface area contributed by atoms with Crippen molar-refractivity contribution in [2.45, 2.75) is 4.90 Å². The number of hydrogen-bond donors (Lipinski definition) is 1. The molecular formula is C15H11NaO7S. The summed E-state index contributed by atoms with van der Waals surface area (Å²) >= 11 is 0. The van der Waals surface area contributed by atoms with E-state index in [9.17, 15) is 22.9 Å². The summed E-state index contributed by atoms with van der Waals surface area (Å²) in [7, 11) is -4.79. The van der Waals surface area contributed by atoms with Crippen molar-refractivity contribution in [2.24, 2.45) is 0 Å². The van der Waals surface area contributed by atoms with Crippen LogP contribution in [-0.4, -0.2) is 23.6 Å². The van der Waals surface area contributed by atoms with Crippen molar-refractivity contribution in [2.75, 3.05) is 0 Å². The van der Waals surface area contributed by atoms with E-state index in [1.807, 2.05) is 0 Å². The van der Waals surface area contributed by atoms with Gasteiger partial charge in [0.2, 0.25) is 11.2 Å². The van der Waals surface area contributed by atoms with Gasteiger partial charge < -0.3 is 19.6 Å². The van der Waals surface area contributed by atoms with Gasteiger partial charge in [-0.25, -0.2) is 8.42 Å². The van der Waals surface area contributed by atoms with Crippen LogP contribution in [0.5, 0.6) is 5.75 Å². The molecule has 0 saturated heterocycles. The molecule has 0 fully saturated rings. The van der Waals surface area contributed by atoms with E-state index in [2.05, 4.69) is 0 Å². The summed E-state index contributed by atoms with van der Waals surface area (Å²) < 4.78 is 39.4. The zero-order chi connectivity index (χ0) is 15.9. The molecule has 1 aromatic heterocycles. The van der Waals surface area contributed by atoms with Gasteiger partial charge in [-0.3, -0.25) is 4.79 Å². The second-order valence-electron chi connectivity index (χ2n) is 4.56. The molecule has 0 amide bonds. The Balaban J connectivity index is 0.00000144. The minimum absolute atomic E-state index is 0.